The quantitative estimate of drug-likeness (QED) is 0.299. The molecule has 3 aliphatic rings. The number of cyclic esters (lactones) is 1. The monoisotopic (exact) mass is 561 g/mol. The lowest BCUT2D eigenvalue weighted by Crippen LogP contribution is -2.40. The minimum atomic E-state index is -0.533. The van der Waals surface area contributed by atoms with Crippen LogP contribution < -0.4 is 14.2 Å². The van der Waals surface area contributed by atoms with Gasteiger partial charge in [0.05, 0.1) is 20.3 Å². The highest BCUT2D eigenvalue weighted by molar-refractivity contribution is 5.96. The number of rotatable bonds is 6. The maximum Gasteiger partial charge on any atom is 0.342 e. The van der Waals surface area contributed by atoms with Gasteiger partial charge in [-0.25, -0.2) is 4.79 Å². The van der Waals surface area contributed by atoms with Crippen molar-refractivity contribution in [1.29, 1.82) is 0 Å². The topological polar surface area (TPSA) is 86.7 Å². The molecule has 5 rings (SSSR count). The first-order chi connectivity index (χ1) is 19.8. The molecule has 2 aromatic carbocycles. The molecule has 0 radical (unpaired) electrons. The highest BCUT2D eigenvalue weighted by Gasteiger charge is 2.46. The van der Waals surface area contributed by atoms with Gasteiger partial charge >= 0.3 is 5.97 Å². The van der Waals surface area contributed by atoms with E-state index in [1.807, 2.05) is 13.0 Å². The van der Waals surface area contributed by atoms with Gasteiger partial charge in [-0.05, 0) is 75.1 Å². The highest BCUT2D eigenvalue weighted by Crippen LogP contribution is 2.57. The number of aliphatic hydroxyl groups is 1. The minimum Gasteiger partial charge on any atom is -0.496 e. The maximum atomic E-state index is 13.3. The summed E-state index contributed by atoms with van der Waals surface area (Å²) in [5, 5.41) is 7.00. The van der Waals surface area contributed by atoms with E-state index in [0.717, 1.165) is 47.9 Å². The third-order valence-electron chi connectivity index (χ3n) is 7.98. The second-order valence-corrected chi connectivity index (χ2v) is 10.1. The SMILES string of the molecule is CC#CC/C=C(/OC)C1=C(C)C(C2c3c(c(-c4ccc(C)c(C)c4)c4c(c3OC)OCO4)CCN2C)OC1=O.CO. The Hall–Kier alpha value is -3.93. The van der Waals surface area contributed by atoms with Gasteiger partial charge in [-0.3, -0.25) is 4.90 Å². The summed E-state index contributed by atoms with van der Waals surface area (Å²) in [6, 6.07) is 6.17. The average molecular weight is 562 g/mol. The van der Waals surface area contributed by atoms with Crippen molar-refractivity contribution in [2.75, 3.05) is 41.7 Å². The van der Waals surface area contributed by atoms with Crippen molar-refractivity contribution in [3.63, 3.8) is 0 Å². The Morgan fingerprint density at radius 3 is 2.54 bits per heavy atom. The van der Waals surface area contributed by atoms with Crippen LogP contribution in [0.25, 0.3) is 11.1 Å². The number of aryl methyl sites for hydroxylation is 2. The molecule has 0 saturated carbocycles. The Bertz CT molecular complexity index is 1460. The number of fused-ring (bicyclic) bond motifs is 2. The van der Waals surface area contributed by atoms with E-state index >= 15 is 0 Å². The zero-order valence-corrected chi connectivity index (χ0v) is 25.1. The van der Waals surface area contributed by atoms with Crippen molar-refractivity contribution >= 4 is 5.97 Å². The Labute approximate surface area is 242 Å². The lowest BCUT2D eigenvalue weighted by atomic mass is 9.81. The molecule has 3 heterocycles. The molecule has 0 saturated heterocycles. The first-order valence-electron chi connectivity index (χ1n) is 13.6. The summed E-state index contributed by atoms with van der Waals surface area (Å²) in [6.45, 7) is 8.84. The third-order valence-corrected chi connectivity index (χ3v) is 7.98. The second kappa shape index (κ2) is 12.7. The van der Waals surface area contributed by atoms with Gasteiger partial charge in [0.1, 0.15) is 17.4 Å². The van der Waals surface area contributed by atoms with E-state index in [4.69, 9.17) is 28.8 Å². The predicted octanol–water partition coefficient (Wildman–Crippen LogP) is 5.03. The van der Waals surface area contributed by atoms with Crippen LogP contribution in [0.2, 0.25) is 0 Å². The predicted molar refractivity (Wildman–Crippen MR) is 157 cm³/mol. The van der Waals surface area contributed by atoms with E-state index in [-0.39, 0.29) is 12.8 Å². The Balaban J connectivity index is 0.00000189. The number of benzene rings is 2. The summed E-state index contributed by atoms with van der Waals surface area (Å²) in [4.78, 5) is 15.5. The first kappa shape index (κ1) is 30.0. The number of aliphatic hydroxyl groups excluding tert-OH is 1. The number of hydrogen-bond acceptors (Lipinski definition) is 8. The highest BCUT2D eigenvalue weighted by atomic mass is 16.7. The van der Waals surface area contributed by atoms with E-state index in [0.29, 0.717) is 35.0 Å². The number of esters is 1. The fourth-order valence-corrected chi connectivity index (χ4v) is 5.87. The summed E-state index contributed by atoms with van der Waals surface area (Å²) in [5.74, 6) is 7.87. The summed E-state index contributed by atoms with van der Waals surface area (Å²) in [5.41, 5.74) is 7.87. The van der Waals surface area contributed by atoms with Gasteiger partial charge in [-0.1, -0.05) is 24.1 Å². The van der Waals surface area contributed by atoms with Gasteiger partial charge in [0, 0.05) is 31.2 Å². The van der Waals surface area contributed by atoms with E-state index in [2.05, 4.69) is 55.8 Å². The molecular weight excluding hydrogens is 522 g/mol. The number of methoxy groups -OCH3 is 2. The molecule has 0 fully saturated rings. The smallest absolute Gasteiger partial charge is 0.342 e. The number of allylic oxidation sites excluding steroid dienone is 1. The lowest BCUT2D eigenvalue weighted by Gasteiger charge is -2.39. The van der Waals surface area contributed by atoms with E-state index in [1.165, 1.54) is 11.1 Å². The normalized spacial score (nSPS) is 19.5. The Morgan fingerprint density at radius 2 is 1.88 bits per heavy atom. The zero-order valence-electron chi connectivity index (χ0n) is 25.1. The van der Waals surface area contributed by atoms with Crippen LogP contribution in [-0.4, -0.2) is 63.8 Å². The molecule has 0 spiro atoms. The number of nitrogens with zero attached hydrogens (tertiary/aromatic N) is 1. The first-order valence-corrected chi connectivity index (χ1v) is 13.6. The standard InChI is InChI=1S/C32H35NO6.CH4O/c1-8-9-10-11-23(35-6)24-20(4)28(39-32(24)34)27-26-22(14-15-33(27)5)25(21-13-12-18(2)19(3)16-21)30-31(29(26)36-7)38-17-37-30;1-2/h11-13,16,27-28H,10,14-15,17H2,1-7H3;2H,1H3/b23-11+;. The summed E-state index contributed by atoms with van der Waals surface area (Å²) in [7, 11) is 6.26. The van der Waals surface area contributed by atoms with Crippen LogP contribution in [0.4, 0.5) is 0 Å². The fourth-order valence-electron chi connectivity index (χ4n) is 5.87. The molecule has 41 heavy (non-hydrogen) atoms. The summed E-state index contributed by atoms with van der Waals surface area (Å²) in [6.07, 6.45) is 2.56. The molecule has 2 atom stereocenters. The van der Waals surface area contributed by atoms with Crippen LogP contribution in [0.3, 0.4) is 0 Å². The van der Waals surface area contributed by atoms with Gasteiger partial charge in [-0.2, -0.15) is 0 Å². The number of carbonyl (C=O) groups excluding carboxylic acids is 1. The van der Waals surface area contributed by atoms with Gasteiger partial charge in [0.2, 0.25) is 12.5 Å². The van der Waals surface area contributed by atoms with Crippen LogP contribution >= 0.6 is 0 Å². The van der Waals surface area contributed by atoms with Crippen LogP contribution in [-0.2, 0) is 20.7 Å². The maximum absolute atomic E-state index is 13.3. The number of ether oxygens (including phenoxy) is 5. The van der Waals surface area contributed by atoms with Crippen molar-refractivity contribution in [1.82, 2.24) is 4.90 Å². The molecule has 2 unspecified atom stereocenters. The van der Waals surface area contributed by atoms with Crippen LogP contribution in [0.15, 0.2) is 41.2 Å². The minimum absolute atomic E-state index is 0.122. The summed E-state index contributed by atoms with van der Waals surface area (Å²) >= 11 is 0. The van der Waals surface area contributed by atoms with Crippen LogP contribution in [0.1, 0.15) is 48.6 Å². The molecule has 0 amide bonds. The molecule has 3 aliphatic heterocycles. The Kier molecular flexibility index (Phi) is 9.31. The molecule has 0 bridgehead atoms. The average Bonchev–Trinajstić information content (AvgIpc) is 3.57. The number of carbonyl (C=O) groups is 1. The third kappa shape index (κ3) is 5.28. The molecular formula is C33H39NO7. The largest absolute Gasteiger partial charge is 0.496 e. The van der Waals surface area contributed by atoms with Gasteiger partial charge in [0.15, 0.2) is 11.5 Å². The van der Waals surface area contributed by atoms with Crippen LogP contribution in [0.5, 0.6) is 17.2 Å². The lowest BCUT2D eigenvalue weighted by molar-refractivity contribution is -0.142. The van der Waals surface area contributed by atoms with E-state index < -0.39 is 12.1 Å². The van der Waals surface area contributed by atoms with Crippen molar-refractivity contribution < 1.29 is 33.6 Å². The molecule has 0 aromatic heterocycles. The van der Waals surface area contributed by atoms with E-state index in [1.54, 1.807) is 21.1 Å². The molecule has 1 N–H and O–H groups in total. The van der Waals surface area contributed by atoms with Crippen molar-refractivity contribution in [3.05, 3.63) is 63.4 Å². The number of hydrogen-bond donors (Lipinski definition) is 1. The van der Waals surface area contributed by atoms with Crippen molar-refractivity contribution in [2.45, 2.75) is 52.7 Å². The van der Waals surface area contributed by atoms with Crippen molar-refractivity contribution in [3.8, 4) is 40.2 Å². The molecule has 0 aliphatic carbocycles. The second-order valence-electron chi connectivity index (χ2n) is 10.1. The molecule has 2 aromatic rings. The van der Waals surface area contributed by atoms with Gasteiger partial charge in [0.25, 0.3) is 0 Å². The summed E-state index contributed by atoms with van der Waals surface area (Å²) < 4.78 is 29.8. The van der Waals surface area contributed by atoms with Crippen molar-refractivity contribution in [2.24, 2.45) is 0 Å². The van der Waals surface area contributed by atoms with Gasteiger partial charge < -0.3 is 28.8 Å². The number of likely N-dealkylation sites (N-methyl/N-ethyl adjacent to an activating group) is 1. The Morgan fingerprint density at radius 1 is 1.15 bits per heavy atom. The van der Waals surface area contributed by atoms with Gasteiger partial charge in [-0.15, -0.1) is 5.92 Å². The molecule has 8 heteroatoms. The zero-order chi connectivity index (χ0) is 29.8. The van der Waals surface area contributed by atoms with E-state index in [9.17, 15) is 4.79 Å². The molecule has 8 nitrogen and oxygen atoms in total. The van der Waals surface area contributed by atoms with Crippen LogP contribution in [0, 0.1) is 25.7 Å². The molecule has 218 valence electrons. The fraction of sp³-hybridized carbons (Fsp3) is 0.424.